The number of benzene rings is 1. The first kappa shape index (κ1) is 12.7. The van der Waals surface area contributed by atoms with E-state index in [-0.39, 0.29) is 0 Å². The molecule has 4 heteroatoms. The van der Waals surface area contributed by atoms with Crippen molar-refractivity contribution in [3.63, 3.8) is 0 Å². The van der Waals surface area contributed by atoms with E-state index in [1.165, 1.54) is 0 Å². The monoisotopic (exact) mass is 255 g/mol. The summed E-state index contributed by atoms with van der Waals surface area (Å²) in [5.41, 5.74) is 1.16. The summed E-state index contributed by atoms with van der Waals surface area (Å²) in [5.74, 6) is 0.908. The molecule has 1 aliphatic heterocycles. The van der Waals surface area contributed by atoms with Gasteiger partial charge in [-0.15, -0.1) is 0 Å². The van der Waals surface area contributed by atoms with E-state index in [1.807, 2.05) is 18.2 Å². The number of morpholine rings is 1. The van der Waals surface area contributed by atoms with Gasteiger partial charge in [-0.3, -0.25) is 0 Å². The van der Waals surface area contributed by atoms with Gasteiger partial charge in [-0.2, -0.15) is 0 Å². The number of aryl methyl sites for hydroxylation is 1. The SMILES string of the molecule is COc1ccc(Cl)cc1CCC1COCCN1. The van der Waals surface area contributed by atoms with Crippen LogP contribution in [0.4, 0.5) is 0 Å². The van der Waals surface area contributed by atoms with Gasteiger partial charge in [-0.25, -0.2) is 0 Å². The third-order valence-electron chi connectivity index (χ3n) is 3.00. The molecule has 0 spiro atoms. The number of hydrogen-bond donors (Lipinski definition) is 1. The molecule has 0 bridgehead atoms. The second-order valence-corrected chi connectivity index (χ2v) is 4.66. The number of ether oxygens (including phenoxy) is 2. The van der Waals surface area contributed by atoms with Gasteiger partial charge in [0.1, 0.15) is 5.75 Å². The molecule has 94 valence electrons. The van der Waals surface area contributed by atoms with E-state index in [2.05, 4.69) is 5.32 Å². The van der Waals surface area contributed by atoms with Crippen LogP contribution in [0.25, 0.3) is 0 Å². The molecule has 0 saturated carbocycles. The van der Waals surface area contributed by atoms with Crippen molar-refractivity contribution in [2.45, 2.75) is 18.9 Å². The Balaban J connectivity index is 1.95. The van der Waals surface area contributed by atoms with Gasteiger partial charge in [0.2, 0.25) is 0 Å². The first-order chi connectivity index (χ1) is 8.29. The van der Waals surface area contributed by atoms with E-state index in [1.54, 1.807) is 7.11 Å². The Labute approximate surface area is 107 Å². The number of nitrogens with one attached hydrogen (secondary N) is 1. The average Bonchev–Trinajstić information content (AvgIpc) is 2.38. The lowest BCUT2D eigenvalue weighted by Gasteiger charge is -2.24. The van der Waals surface area contributed by atoms with Crippen LogP contribution >= 0.6 is 11.6 Å². The van der Waals surface area contributed by atoms with Gasteiger partial charge in [-0.1, -0.05) is 11.6 Å². The molecule has 1 aromatic rings. The standard InChI is InChI=1S/C13H18ClNO2/c1-16-13-5-3-11(14)8-10(13)2-4-12-9-17-7-6-15-12/h3,5,8,12,15H,2,4,6-7,9H2,1H3. The van der Waals surface area contributed by atoms with Crippen LogP contribution in [0, 0.1) is 0 Å². The molecule has 1 unspecified atom stereocenters. The summed E-state index contributed by atoms with van der Waals surface area (Å²) in [4.78, 5) is 0. The van der Waals surface area contributed by atoms with E-state index in [9.17, 15) is 0 Å². The number of methoxy groups -OCH3 is 1. The van der Waals surface area contributed by atoms with E-state index in [0.717, 1.165) is 48.9 Å². The van der Waals surface area contributed by atoms with Crippen LogP contribution in [0.5, 0.6) is 5.75 Å². The van der Waals surface area contributed by atoms with Crippen molar-refractivity contribution in [1.29, 1.82) is 0 Å². The van der Waals surface area contributed by atoms with Gasteiger partial charge in [-0.05, 0) is 36.6 Å². The highest BCUT2D eigenvalue weighted by Crippen LogP contribution is 2.24. The predicted molar refractivity (Wildman–Crippen MR) is 68.9 cm³/mol. The van der Waals surface area contributed by atoms with Crippen molar-refractivity contribution in [2.24, 2.45) is 0 Å². The molecule has 2 rings (SSSR count). The summed E-state index contributed by atoms with van der Waals surface area (Å²) < 4.78 is 10.8. The maximum Gasteiger partial charge on any atom is 0.122 e. The first-order valence-electron chi connectivity index (χ1n) is 5.93. The third-order valence-corrected chi connectivity index (χ3v) is 3.24. The fourth-order valence-electron chi connectivity index (χ4n) is 2.08. The maximum atomic E-state index is 6.00. The summed E-state index contributed by atoms with van der Waals surface area (Å²) in [7, 11) is 1.69. The Morgan fingerprint density at radius 1 is 1.53 bits per heavy atom. The van der Waals surface area contributed by atoms with Gasteiger partial charge < -0.3 is 14.8 Å². The second-order valence-electron chi connectivity index (χ2n) is 4.22. The molecule has 1 aromatic carbocycles. The van der Waals surface area contributed by atoms with Crippen molar-refractivity contribution in [2.75, 3.05) is 26.9 Å². The van der Waals surface area contributed by atoms with Crippen molar-refractivity contribution in [3.05, 3.63) is 28.8 Å². The van der Waals surface area contributed by atoms with Gasteiger partial charge in [0, 0.05) is 17.6 Å². The fraction of sp³-hybridized carbons (Fsp3) is 0.538. The van der Waals surface area contributed by atoms with Crippen molar-refractivity contribution >= 4 is 11.6 Å². The molecule has 3 nitrogen and oxygen atoms in total. The topological polar surface area (TPSA) is 30.5 Å². The molecule has 0 amide bonds. The Bertz CT molecular complexity index is 364. The largest absolute Gasteiger partial charge is 0.496 e. The van der Waals surface area contributed by atoms with Crippen molar-refractivity contribution in [1.82, 2.24) is 5.32 Å². The minimum atomic E-state index is 0.437. The lowest BCUT2D eigenvalue weighted by molar-refractivity contribution is 0.0743. The zero-order valence-corrected chi connectivity index (χ0v) is 10.8. The minimum absolute atomic E-state index is 0.437. The van der Waals surface area contributed by atoms with Crippen LogP contribution < -0.4 is 10.1 Å². The Kier molecular flexibility index (Phi) is 4.66. The number of rotatable bonds is 4. The van der Waals surface area contributed by atoms with E-state index in [4.69, 9.17) is 21.1 Å². The molecular weight excluding hydrogens is 238 g/mol. The molecule has 0 aliphatic carbocycles. The molecule has 1 atom stereocenters. The molecule has 17 heavy (non-hydrogen) atoms. The molecular formula is C13H18ClNO2. The quantitative estimate of drug-likeness (QED) is 0.895. The zero-order chi connectivity index (χ0) is 12.1. The normalized spacial score (nSPS) is 20.2. The van der Waals surface area contributed by atoms with Crippen LogP contribution in [0.3, 0.4) is 0 Å². The Morgan fingerprint density at radius 2 is 2.41 bits per heavy atom. The van der Waals surface area contributed by atoms with Crippen molar-refractivity contribution in [3.8, 4) is 5.75 Å². The van der Waals surface area contributed by atoms with Gasteiger partial charge in [0.15, 0.2) is 0 Å². The highest BCUT2D eigenvalue weighted by molar-refractivity contribution is 6.30. The molecule has 1 heterocycles. The second kappa shape index (κ2) is 6.24. The number of halogens is 1. The van der Waals surface area contributed by atoms with E-state index in [0.29, 0.717) is 6.04 Å². The lowest BCUT2D eigenvalue weighted by atomic mass is 10.0. The molecule has 1 saturated heterocycles. The van der Waals surface area contributed by atoms with Gasteiger partial charge >= 0.3 is 0 Å². The molecule has 1 fully saturated rings. The Hall–Kier alpha value is -0.770. The van der Waals surface area contributed by atoms with Crippen molar-refractivity contribution < 1.29 is 9.47 Å². The smallest absolute Gasteiger partial charge is 0.122 e. The molecule has 1 aliphatic rings. The summed E-state index contributed by atoms with van der Waals surface area (Å²) in [5, 5.41) is 4.20. The third kappa shape index (κ3) is 3.60. The van der Waals surface area contributed by atoms with Crippen LogP contribution in [0.15, 0.2) is 18.2 Å². The highest BCUT2D eigenvalue weighted by Gasteiger charge is 2.14. The van der Waals surface area contributed by atoms with Crippen LogP contribution in [0.2, 0.25) is 5.02 Å². The minimum Gasteiger partial charge on any atom is -0.496 e. The fourth-order valence-corrected chi connectivity index (χ4v) is 2.27. The Morgan fingerprint density at radius 3 is 3.12 bits per heavy atom. The summed E-state index contributed by atoms with van der Waals surface area (Å²) >= 11 is 6.00. The van der Waals surface area contributed by atoms with Gasteiger partial charge in [0.05, 0.1) is 20.3 Å². The lowest BCUT2D eigenvalue weighted by Crippen LogP contribution is -2.41. The predicted octanol–water partition coefficient (Wildman–Crippen LogP) is 2.27. The average molecular weight is 256 g/mol. The van der Waals surface area contributed by atoms with Crippen LogP contribution in [-0.4, -0.2) is 32.9 Å². The highest BCUT2D eigenvalue weighted by atomic mass is 35.5. The van der Waals surface area contributed by atoms with Gasteiger partial charge in [0.25, 0.3) is 0 Å². The number of hydrogen-bond acceptors (Lipinski definition) is 3. The summed E-state index contributed by atoms with van der Waals surface area (Å²) in [6.45, 7) is 2.55. The first-order valence-corrected chi connectivity index (χ1v) is 6.31. The van der Waals surface area contributed by atoms with E-state index >= 15 is 0 Å². The summed E-state index contributed by atoms with van der Waals surface area (Å²) in [6.07, 6.45) is 1.99. The van der Waals surface area contributed by atoms with Crippen LogP contribution in [-0.2, 0) is 11.2 Å². The molecule has 0 aromatic heterocycles. The molecule has 1 N–H and O–H groups in total. The van der Waals surface area contributed by atoms with Crippen LogP contribution in [0.1, 0.15) is 12.0 Å². The zero-order valence-electron chi connectivity index (χ0n) is 10.0. The molecule has 0 radical (unpaired) electrons. The summed E-state index contributed by atoms with van der Waals surface area (Å²) in [6, 6.07) is 6.19. The van der Waals surface area contributed by atoms with E-state index < -0.39 is 0 Å². The maximum absolute atomic E-state index is 6.00.